The van der Waals surface area contributed by atoms with Gasteiger partial charge in [-0.1, -0.05) is 61.0 Å². The molecule has 0 aromatic heterocycles. The zero-order valence-corrected chi connectivity index (χ0v) is 22.8. The molecule has 0 radical (unpaired) electrons. The van der Waals surface area contributed by atoms with E-state index < -0.39 is 28.5 Å². The number of hydrogen-bond acceptors (Lipinski definition) is 4. The van der Waals surface area contributed by atoms with E-state index in [9.17, 15) is 18.0 Å². The number of halogens is 1. The normalized spacial score (nSPS) is 12.0. The molecule has 0 aliphatic carbocycles. The first kappa shape index (κ1) is 28.2. The number of sulfonamides is 1. The van der Waals surface area contributed by atoms with Gasteiger partial charge in [-0.2, -0.15) is 0 Å². The molecule has 1 N–H and O–H groups in total. The Kier molecular flexibility index (Phi) is 9.72. The van der Waals surface area contributed by atoms with E-state index in [1.165, 1.54) is 17.0 Å². The van der Waals surface area contributed by atoms with Crippen molar-refractivity contribution in [1.82, 2.24) is 10.2 Å². The maximum absolute atomic E-state index is 13.8. The molecule has 3 aromatic carbocycles. The molecule has 7 nitrogen and oxygen atoms in total. The Labute approximate surface area is 224 Å². The maximum atomic E-state index is 13.8. The van der Waals surface area contributed by atoms with E-state index >= 15 is 0 Å². The molecule has 0 spiro atoms. The lowest BCUT2D eigenvalue weighted by molar-refractivity contribution is -0.139. The molecule has 2 amide bonds. The van der Waals surface area contributed by atoms with Gasteiger partial charge in [0.25, 0.3) is 10.0 Å². The average Bonchev–Trinajstić information content (AvgIpc) is 2.88. The van der Waals surface area contributed by atoms with Crippen molar-refractivity contribution in [2.75, 3.05) is 17.4 Å². The van der Waals surface area contributed by atoms with Gasteiger partial charge < -0.3 is 10.2 Å². The van der Waals surface area contributed by atoms with E-state index in [1.807, 2.05) is 26.0 Å². The second-order valence-electron chi connectivity index (χ2n) is 8.78. The summed E-state index contributed by atoms with van der Waals surface area (Å²) in [5, 5.41) is 3.32. The van der Waals surface area contributed by atoms with Gasteiger partial charge in [0.05, 0.1) is 10.6 Å². The van der Waals surface area contributed by atoms with Gasteiger partial charge >= 0.3 is 0 Å². The van der Waals surface area contributed by atoms with Crippen LogP contribution in [0.15, 0.2) is 83.8 Å². The molecule has 0 unspecified atom stereocenters. The number of carbonyl (C=O) groups is 2. The smallest absolute Gasteiger partial charge is 0.264 e. The molecular weight excluding hydrogens is 510 g/mol. The molecule has 3 aromatic rings. The number of benzene rings is 3. The van der Waals surface area contributed by atoms with E-state index in [0.717, 1.165) is 21.9 Å². The van der Waals surface area contributed by atoms with Crippen LogP contribution < -0.4 is 9.62 Å². The minimum absolute atomic E-state index is 0.0689. The molecule has 0 fully saturated rings. The lowest BCUT2D eigenvalue weighted by atomic mass is 10.1. The third-order valence-corrected chi connectivity index (χ3v) is 7.88. The second-order valence-corrected chi connectivity index (χ2v) is 11.1. The summed E-state index contributed by atoms with van der Waals surface area (Å²) in [6, 6.07) is 21.1. The SMILES string of the molecule is CCCNC(=O)[C@@H](C)N(Cc1cccc(Cl)c1)C(=O)CN(c1cccc(C)c1)S(=O)(=O)c1ccccc1. The number of carbonyl (C=O) groups excluding carboxylic acids is 2. The van der Waals surface area contributed by atoms with Crippen molar-refractivity contribution in [2.45, 2.75) is 44.7 Å². The van der Waals surface area contributed by atoms with Gasteiger partial charge in [0, 0.05) is 18.1 Å². The van der Waals surface area contributed by atoms with E-state index in [-0.39, 0.29) is 17.3 Å². The molecule has 0 saturated heterocycles. The van der Waals surface area contributed by atoms with E-state index in [2.05, 4.69) is 5.32 Å². The predicted octanol–water partition coefficient (Wildman–Crippen LogP) is 4.79. The molecule has 196 valence electrons. The molecule has 0 saturated carbocycles. The molecule has 3 rings (SSSR count). The quantitative estimate of drug-likeness (QED) is 0.378. The van der Waals surface area contributed by atoms with Crippen molar-refractivity contribution >= 4 is 39.1 Å². The molecule has 9 heteroatoms. The minimum atomic E-state index is -4.07. The maximum Gasteiger partial charge on any atom is 0.264 e. The van der Waals surface area contributed by atoms with Crippen LogP contribution in [0.3, 0.4) is 0 Å². The van der Waals surface area contributed by atoms with Gasteiger partial charge in [-0.25, -0.2) is 8.42 Å². The van der Waals surface area contributed by atoms with Crippen molar-refractivity contribution in [3.05, 3.63) is 95.0 Å². The number of nitrogens with zero attached hydrogens (tertiary/aromatic N) is 2. The minimum Gasteiger partial charge on any atom is -0.354 e. The average molecular weight is 542 g/mol. The Balaban J connectivity index is 2.01. The zero-order chi connectivity index (χ0) is 27.0. The van der Waals surface area contributed by atoms with Gasteiger partial charge in [0.2, 0.25) is 11.8 Å². The standard InChI is InChI=1S/C28H32ClN3O4S/c1-4-16-30-28(34)22(3)31(19-23-11-9-12-24(29)18-23)27(33)20-32(25-13-8-10-21(2)17-25)37(35,36)26-14-6-5-7-15-26/h5-15,17-18,22H,4,16,19-20H2,1-3H3,(H,30,34)/t22-/m1/s1. The highest BCUT2D eigenvalue weighted by Gasteiger charge is 2.32. The van der Waals surface area contributed by atoms with Crippen LogP contribution >= 0.6 is 11.6 Å². The summed E-state index contributed by atoms with van der Waals surface area (Å²) in [6.07, 6.45) is 0.747. The summed E-state index contributed by atoms with van der Waals surface area (Å²) in [5.74, 6) is -0.828. The molecular formula is C28H32ClN3O4S. The highest BCUT2D eigenvalue weighted by Crippen LogP contribution is 2.25. The number of hydrogen-bond donors (Lipinski definition) is 1. The van der Waals surface area contributed by atoms with Gasteiger partial charge in [0.15, 0.2) is 0 Å². The topological polar surface area (TPSA) is 86.8 Å². The van der Waals surface area contributed by atoms with Crippen LogP contribution in [0, 0.1) is 6.92 Å². The fraction of sp³-hybridized carbons (Fsp3) is 0.286. The van der Waals surface area contributed by atoms with Crippen LogP contribution in [-0.2, 0) is 26.2 Å². The Hall–Kier alpha value is -3.36. The largest absolute Gasteiger partial charge is 0.354 e. The third-order valence-electron chi connectivity index (χ3n) is 5.86. The molecule has 0 heterocycles. The zero-order valence-electron chi connectivity index (χ0n) is 21.2. The highest BCUT2D eigenvalue weighted by atomic mass is 35.5. The van der Waals surface area contributed by atoms with Crippen LogP contribution in [0.2, 0.25) is 5.02 Å². The highest BCUT2D eigenvalue weighted by molar-refractivity contribution is 7.92. The molecule has 1 atom stereocenters. The van der Waals surface area contributed by atoms with Crippen molar-refractivity contribution in [3.63, 3.8) is 0 Å². The fourth-order valence-electron chi connectivity index (χ4n) is 3.84. The Bertz CT molecular complexity index is 1330. The molecule has 0 aliphatic rings. The first-order valence-electron chi connectivity index (χ1n) is 12.1. The Morgan fingerprint density at radius 3 is 2.32 bits per heavy atom. The van der Waals surface area contributed by atoms with Crippen LogP contribution in [0.5, 0.6) is 0 Å². The number of rotatable bonds is 11. The summed E-state index contributed by atoms with van der Waals surface area (Å²) in [7, 11) is -4.07. The number of amides is 2. The summed E-state index contributed by atoms with van der Waals surface area (Å²) in [4.78, 5) is 28.1. The third kappa shape index (κ3) is 7.33. The predicted molar refractivity (Wildman–Crippen MR) is 147 cm³/mol. The van der Waals surface area contributed by atoms with Gasteiger partial charge in [-0.3, -0.25) is 13.9 Å². The summed E-state index contributed by atoms with van der Waals surface area (Å²) in [5.41, 5.74) is 1.94. The van der Waals surface area contributed by atoms with Crippen molar-refractivity contribution in [1.29, 1.82) is 0 Å². The van der Waals surface area contributed by atoms with Crippen molar-refractivity contribution in [3.8, 4) is 0 Å². The van der Waals surface area contributed by atoms with E-state index in [4.69, 9.17) is 11.6 Å². The first-order valence-corrected chi connectivity index (χ1v) is 13.9. The number of anilines is 1. The van der Waals surface area contributed by atoms with Crippen molar-refractivity contribution in [2.24, 2.45) is 0 Å². The van der Waals surface area contributed by atoms with Crippen LogP contribution in [-0.4, -0.2) is 44.3 Å². The first-order chi connectivity index (χ1) is 17.6. The van der Waals surface area contributed by atoms with Crippen LogP contribution in [0.25, 0.3) is 0 Å². The fourth-order valence-corrected chi connectivity index (χ4v) is 5.48. The summed E-state index contributed by atoms with van der Waals surface area (Å²) >= 11 is 6.16. The molecule has 0 bridgehead atoms. The lowest BCUT2D eigenvalue weighted by Crippen LogP contribution is -2.51. The van der Waals surface area contributed by atoms with Crippen LogP contribution in [0.1, 0.15) is 31.4 Å². The summed E-state index contributed by atoms with van der Waals surface area (Å²) < 4.78 is 28.5. The van der Waals surface area contributed by atoms with Crippen molar-refractivity contribution < 1.29 is 18.0 Å². The molecule has 37 heavy (non-hydrogen) atoms. The van der Waals surface area contributed by atoms with E-state index in [1.54, 1.807) is 61.5 Å². The lowest BCUT2D eigenvalue weighted by Gasteiger charge is -2.32. The van der Waals surface area contributed by atoms with E-state index in [0.29, 0.717) is 17.3 Å². The second kappa shape index (κ2) is 12.7. The Morgan fingerprint density at radius 2 is 1.68 bits per heavy atom. The number of aryl methyl sites for hydroxylation is 1. The van der Waals surface area contributed by atoms with Gasteiger partial charge in [0.1, 0.15) is 12.6 Å². The monoisotopic (exact) mass is 541 g/mol. The number of nitrogens with one attached hydrogen (secondary N) is 1. The van der Waals surface area contributed by atoms with Gasteiger partial charge in [-0.05, 0) is 67.8 Å². The van der Waals surface area contributed by atoms with Crippen LogP contribution in [0.4, 0.5) is 5.69 Å². The Morgan fingerprint density at radius 1 is 0.973 bits per heavy atom. The molecule has 0 aliphatic heterocycles. The summed E-state index contributed by atoms with van der Waals surface area (Å²) in [6.45, 7) is 5.51. The van der Waals surface area contributed by atoms with Gasteiger partial charge in [-0.15, -0.1) is 0 Å².